The molecule has 0 radical (unpaired) electrons. The molecule has 6 nitrogen and oxygen atoms in total. The number of nitrogens with zero attached hydrogens (tertiary/aromatic N) is 2. The lowest BCUT2D eigenvalue weighted by atomic mass is 9.94. The summed E-state index contributed by atoms with van der Waals surface area (Å²) < 4.78 is 5.21. The molecule has 1 atom stereocenters. The van der Waals surface area contributed by atoms with Crippen molar-refractivity contribution in [3.63, 3.8) is 0 Å². The van der Waals surface area contributed by atoms with Crippen LogP contribution in [0.2, 0.25) is 5.02 Å². The van der Waals surface area contributed by atoms with Crippen molar-refractivity contribution >= 4 is 23.4 Å². The summed E-state index contributed by atoms with van der Waals surface area (Å²) in [6, 6.07) is 15.0. The Morgan fingerprint density at radius 2 is 1.71 bits per heavy atom. The van der Waals surface area contributed by atoms with E-state index in [1.807, 2.05) is 41.3 Å². The van der Waals surface area contributed by atoms with E-state index < -0.39 is 0 Å². The van der Waals surface area contributed by atoms with Gasteiger partial charge >= 0.3 is 0 Å². The third-order valence-corrected chi connectivity index (χ3v) is 7.42. The molecular weight excluding hydrogens is 450 g/mol. The Balaban J connectivity index is 1.34. The van der Waals surface area contributed by atoms with Crippen LogP contribution in [0.5, 0.6) is 5.75 Å². The first-order valence-electron chi connectivity index (χ1n) is 12.3. The second-order valence-corrected chi connectivity index (χ2v) is 9.59. The highest BCUT2D eigenvalue weighted by Crippen LogP contribution is 2.31. The third-order valence-electron chi connectivity index (χ3n) is 7.09. The summed E-state index contributed by atoms with van der Waals surface area (Å²) >= 11 is 6.24. The molecule has 1 heterocycles. The lowest BCUT2D eigenvalue weighted by Gasteiger charge is -2.40. The molecule has 1 saturated carbocycles. The van der Waals surface area contributed by atoms with Crippen molar-refractivity contribution in [3.05, 3.63) is 64.7 Å². The highest BCUT2D eigenvalue weighted by molar-refractivity contribution is 6.33. The third kappa shape index (κ3) is 5.91. The number of hydrogen-bond donors (Lipinski definition) is 1. The molecule has 2 fully saturated rings. The largest absolute Gasteiger partial charge is 0.497 e. The van der Waals surface area contributed by atoms with Gasteiger partial charge in [0, 0.05) is 32.7 Å². The molecule has 2 aromatic rings. The van der Waals surface area contributed by atoms with Crippen LogP contribution in [0.1, 0.15) is 41.6 Å². The van der Waals surface area contributed by atoms with Crippen LogP contribution < -0.4 is 10.1 Å². The number of benzene rings is 2. The first-order valence-corrected chi connectivity index (χ1v) is 12.6. The molecule has 0 bridgehead atoms. The number of piperazine rings is 1. The Bertz CT molecular complexity index is 967. The SMILES string of the molecule is COc1ccc(CCNC(=O)C(C2CCCC2)N2CCN(C(=O)c3ccccc3Cl)CC2)cc1. The fourth-order valence-electron chi connectivity index (χ4n) is 5.19. The van der Waals surface area contributed by atoms with Gasteiger partial charge in [0.15, 0.2) is 0 Å². The maximum Gasteiger partial charge on any atom is 0.255 e. The number of rotatable bonds is 8. The van der Waals surface area contributed by atoms with E-state index >= 15 is 0 Å². The molecule has 1 saturated heterocycles. The van der Waals surface area contributed by atoms with Crippen LogP contribution in [-0.2, 0) is 11.2 Å². The van der Waals surface area contributed by atoms with Gasteiger partial charge in [0.05, 0.1) is 23.7 Å². The number of halogens is 1. The predicted octanol–water partition coefficient (Wildman–Crippen LogP) is 4.02. The van der Waals surface area contributed by atoms with E-state index in [4.69, 9.17) is 16.3 Å². The van der Waals surface area contributed by atoms with Crippen LogP contribution in [0.3, 0.4) is 0 Å². The molecule has 1 aliphatic carbocycles. The zero-order valence-corrected chi connectivity index (χ0v) is 20.6. The van der Waals surface area contributed by atoms with Gasteiger partial charge in [0.25, 0.3) is 5.91 Å². The summed E-state index contributed by atoms with van der Waals surface area (Å²) in [6.07, 6.45) is 5.34. The molecule has 0 aromatic heterocycles. The fourth-order valence-corrected chi connectivity index (χ4v) is 5.40. The van der Waals surface area contributed by atoms with Gasteiger partial charge in [-0.3, -0.25) is 14.5 Å². The first kappa shape index (κ1) is 24.6. The Morgan fingerprint density at radius 3 is 2.35 bits per heavy atom. The van der Waals surface area contributed by atoms with Gasteiger partial charge in [0.2, 0.25) is 5.91 Å². The number of amides is 2. The maximum absolute atomic E-state index is 13.3. The molecule has 2 aliphatic rings. The molecule has 0 spiro atoms. The number of carbonyl (C=O) groups excluding carboxylic acids is 2. The molecule has 34 heavy (non-hydrogen) atoms. The van der Waals surface area contributed by atoms with E-state index in [-0.39, 0.29) is 17.9 Å². The number of methoxy groups -OCH3 is 1. The fraction of sp³-hybridized carbons (Fsp3) is 0.481. The maximum atomic E-state index is 13.3. The van der Waals surface area contributed by atoms with Crippen LogP contribution in [0, 0.1) is 5.92 Å². The summed E-state index contributed by atoms with van der Waals surface area (Å²) in [5, 5.41) is 3.67. The minimum atomic E-state index is -0.129. The molecule has 1 unspecified atom stereocenters. The average molecular weight is 484 g/mol. The molecule has 1 aliphatic heterocycles. The Kier molecular flexibility index (Phi) is 8.46. The van der Waals surface area contributed by atoms with Crippen molar-refractivity contribution in [2.75, 3.05) is 39.8 Å². The van der Waals surface area contributed by atoms with Gasteiger partial charge in [-0.25, -0.2) is 0 Å². The van der Waals surface area contributed by atoms with E-state index in [0.29, 0.717) is 49.2 Å². The molecule has 2 aromatic carbocycles. The van der Waals surface area contributed by atoms with Gasteiger partial charge < -0.3 is 15.0 Å². The summed E-state index contributed by atoms with van der Waals surface area (Å²) in [5.41, 5.74) is 1.71. The van der Waals surface area contributed by atoms with Gasteiger partial charge in [0.1, 0.15) is 5.75 Å². The van der Waals surface area contributed by atoms with E-state index in [0.717, 1.165) is 25.0 Å². The smallest absolute Gasteiger partial charge is 0.255 e. The number of carbonyl (C=O) groups is 2. The highest BCUT2D eigenvalue weighted by atomic mass is 35.5. The summed E-state index contributed by atoms with van der Waals surface area (Å²) in [7, 11) is 1.66. The lowest BCUT2D eigenvalue weighted by Crippen LogP contribution is -2.58. The van der Waals surface area contributed by atoms with E-state index in [1.54, 1.807) is 19.2 Å². The first-order chi connectivity index (χ1) is 16.6. The number of ether oxygens (including phenoxy) is 1. The Hall–Kier alpha value is -2.57. The van der Waals surface area contributed by atoms with Gasteiger partial charge in [-0.15, -0.1) is 0 Å². The van der Waals surface area contributed by atoms with Crippen molar-refractivity contribution in [1.29, 1.82) is 0 Å². The molecule has 7 heteroatoms. The number of nitrogens with one attached hydrogen (secondary N) is 1. The van der Waals surface area contributed by atoms with Crippen LogP contribution >= 0.6 is 11.6 Å². The Morgan fingerprint density at radius 1 is 1.03 bits per heavy atom. The van der Waals surface area contributed by atoms with Crippen LogP contribution in [0.4, 0.5) is 0 Å². The van der Waals surface area contributed by atoms with Crippen molar-refractivity contribution in [2.24, 2.45) is 5.92 Å². The van der Waals surface area contributed by atoms with E-state index in [9.17, 15) is 9.59 Å². The topological polar surface area (TPSA) is 61.9 Å². The van der Waals surface area contributed by atoms with Crippen LogP contribution in [0.15, 0.2) is 48.5 Å². The van der Waals surface area contributed by atoms with E-state index in [2.05, 4.69) is 10.2 Å². The van der Waals surface area contributed by atoms with Crippen LogP contribution in [-0.4, -0.2) is 67.5 Å². The zero-order chi connectivity index (χ0) is 23.9. The van der Waals surface area contributed by atoms with Crippen LogP contribution in [0.25, 0.3) is 0 Å². The van der Waals surface area contributed by atoms with Crippen molar-refractivity contribution in [1.82, 2.24) is 15.1 Å². The predicted molar refractivity (Wildman–Crippen MR) is 134 cm³/mol. The molecule has 182 valence electrons. The van der Waals surface area contributed by atoms with Gasteiger partial charge in [-0.1, -0.05) is 48.7 Å². The van der Waals surface area contributed by atoms with Crippen molar-refractivity contribution in [3.8, 4) is 5.75 Å². The summed E-state index contributed by atoms with van der Waals surface area (Å²) in [5.74, 6) is 1.30. The Labute approximate surface area is 207 Å². The molecule has 2 amide bonds. The normalized spacial score (nSPS) is 18.0. The summed E-state index contributed by atoms with van der Waals surface area (Å²) in [4.78, 5) is 30.4. The average Bonchev–Trinajstić information content (AvgIpc) is 3.39. The standard InChI is InChI=1S/C27H34ClN3O3/c1-34-22-12-10-20(11-13-22)14-15-29-26(32)25(21-6-2-3-7-21)30-16-18-31(19-17-30)27(33)23-8-4-5-9-24(23)28/h4-5,8-13,21,25H,2-3,6-7,14-19H2,1H3,(H,29,32). The van der Waals surface area contributed by atoms with Crippen molar-refractivity contribution < 1.29 is 14.3 Å². The highest BCUT2D eigenvalue weighted by Gasteiger charge is 2.37. The molecule has 4 rings (SSSR count). The van der Waals surface area contributed by atoms with Crippen molar-refractivity contribution in [2.45, 2.75) is 38.1 Å². The second kappa shape index (κ2) is 11.7. The minimum absolute atomic E-state index is 0.0355. The summed E-state index contributed by atoms with van der Waals surface area (Å²) in [6.45, 7) is 3.21. The lowest BCUT2D eigenvalue weighted by molar-refractivity contribution is -0.129. The quantitative estimate of drug-likeness (QED) is 0.616. The van der Waals surface area contributed by atoms with Gasteiger partial charge in [-0.05, 0) is 55.0 Å². The van der Waals surface area contributed by atoms with E-state index in [1.165, 1.54) is 18.4 Å². The second-order valence-electron chi connectivity index (χ2n) is 9.19. The van der Waals surface area contributed by atoms with Gasteiger partial charge in [-0.2, -0.15) is 0 Å². The zero-order valence-electron chi connectivity index (χ0n) is 19.8. The number of hydrogen-bond acceptors (Lipinski definition) is 4. The monoisotopic (exact) mass is 483 g/mol. The minimum Gasteiger partial charge on any atom is -0.497 e. The molecular formula is C27H34ClN3O3. The molecule has 1 N–H and O–H groups in total.